The quantitative estimate of drug-likeness (QED) is 0.0818. The van der Waals surface area contributed by atoms with E-state index in [-0.39, 0.29) is 42.7 Å². The number of aromatic nitrogens is 2. The summed E-state index contributed by atoms with van der Waals surface area (Å²) in [4.78, 5) is 9.93. The van der Waals surface area contributed by atoms with Gasteiger partial charge in [-0.2, -0.15) is 46.3 Å². The number of anilines is 4. The Labute approximate surface area is 461 Å². The zero-order valence-corrected chi connectivity index (χ0v) is 48.5. The molecule has 1 aliphatic heterocycles. The number of fused-ring (bicyclic) bond motifs is 4. The summed E-state index contributed by atoms with van der Waals surface area (Å²) in [6.45, 7) is 27.8. The van der Waals surface area contributed by atoms with E-state index in [0.29, 0.717) is 0 Å². The van der Waals surface area contributed by atoms with Crippen LogP contribution in [0.2, 0.25) is 0 Å². The number of pyridine rings is 1. The fraction of sp³-hybridized carbons (Fsp3) is 0.217. The van der Waals surface area contributed by atoms with Crippen LogP contribution in [-0.4, -0.2) is 17.6 Å². The fourth-order valence-corrected chi connectivity index (χ4v) is 15.6. The van der Waals surface area contributed by atoms with E-state index in [9.17, 15) is 0 Å². The Morgan fingerprint density at radius 2 is 0.973 bits per heavy atom. The van der Waals surface area contributed by atoms with Crippen molar-refractivity contribution in [2.75, 3.05) is 9.80 Å². The standard InChI is InChI=1S/C69H67N4Si.Pt/c1-66(2,3)50-39-51(67(4,5)6)41-53(40-50)71-47-72(63-34-24-23-33-62(63)71)54-42-52(68(7,8)9)43-58(45-54)74(55-27-17-13-18-28-55,56-29-19-14-20-30-56)57-35-36-60-59-31-21-22-32-61(59)73(64(60)46-57)65-44-49(37-38-70-65)69(10,11)48-25-15-12-16-26-48;/h12-44,47H,1-11H3;/q-3;. The molecule has 2 aromatic heterocycles. The van der Waals surface area contributed by atoms with E-state index in [4.69, 9.17) is 4.98 Å². The molecule has 0 amide bonds. The molecule has 1 aliphatic rings. The second-order valence-corrected chi connectivity index (χ2v) is 27.6. The van der Waals surface area contributed by atoms with Crippen molar-refractivity contribution in [3.8, 4) is 5.82 Å². The van der Waals surface area contributed by atoms with Gasteiger partial charge >= 0.3 is 0 Å². The van der Waals surface area contributed by atoms with E-state index in [1.165, 1.54) is 48.8 Å². The van der Waals surface area contributed by atoms with Crippen LogP contribution in [0.5, 0.6) is 0 Å². The Morgan fingerprint density at radius 3 is 1.57 bits per heavy atom. The second kappa shape index (κ2) is 19.4. The van der Waals surface area contributed by atoms with Crippen molar-refractivity contribution in [2.24, 2.45) is 0 Å². The van der Waals surface area contributed by atoms with E-state index >= 15 is 0 Å². The first-order chi connectivity index (χ1) is 35.3. The summed E-state index contributed by atoms with van der Waals surface area (Å²) in [6.07, 6.45) is 1.97. The number of rotatable bonds is 9. The molecule has 380 valence electrons. The van der Waals surface area contributed by atoms with E-state index in [2.05, 4.69) is 303 Å². The molecule has 10 aromatic rings. The SMILES string of the molecule is CC(C)(C)c1cc(N2[CH-]N(c3cc(C(C)(C)C)cc(C(C)(C)C)c3)c3ccccc32)[c-]c([Si](c2[c-]c3c(cc2)c2ccccc2n3-c2cc(C(C)(C)c3ccccc3)ccn2)(c2ccccc2)c2ccccc2)c1.[Pt]. The summed E-state index contributed by atoms with van der Waals surface area (Å²) in [7, 11) is -3.30. The van der Waals surface area contributed by atoms with Gasteiger partial charge in [0.1, 0.15) is 13.9 Å². The summed E-state index contributed by atoms with van der Waals surface area (Å²) in [5, 5.41) is 7.18. The monoisotopic (exact) mass is 1170 g/mol. The topological polar surface area (TPSA) is 24.3 Å². The summed E-state index contributed by atoms with van der Waals surface area (Å²) in [5.41, 5.74) is 12.4. The van der Waals surface area contributed by atoms with Crippen LogP contribution in [0, 0.1) is 18.8 Å². The molecule has 0 N–H and O–H groups in total. The fourth-order valence-electron chi connectivity index (χ4n) is 11.1. The number of hydrogen-bond donors (Lipinski definition) is 0. The number of hydrogen-bond acceptors (Lipinski definition) is 3. The molecule has 8 aromatic carbocycles. The van der Waals surface area contributed by atoms with E-state index in [1.54, 1.807) is 0 Å². The molecule has 75 heavy (non-hydrogen) atoms. The molecule has 0 fully saturated rings. The van der Waals surface area contributed by atoms with Gasteiger partial charge in [0.2, 0.25) is 0 Å². The third-order valence-corrected chi connectivity index (χ3v) is 20.1. The van der Waals surface area contributed by atoms with Gasteiger partial charge in [-0.25, -0.2) is 4.98 Å². The Hall–Kier alpha value is -6.78. The minimum Gasteiger partial charge on any atom is -0.493 e. The van der Waals surface area contributed by atoms with Crippen LogP contribution >= 0.6 is 0 Å². The third kappa shape index (κ3) is 9.21. The van der Waals surface area contributed by atoms with Crippen molar-refractivity contribution >= 4 is 73.4 Å². The number of para-hydroxylation sites is 3. The largest absolute Gasteiger partial charge is 0.493 e. The maximum absolute atomic E-state index is 5.16. The molecular formula is C69H67N4PtSi-3. The molecule has 0 saturated carbocycles. The summed E-state index contributed by atoms with van der Waals surface area (Å²) >= 11 is 0. The Bertz CT molecular complexity index is 3620. The molecule has 0 radical (unpaired) electrons. The first-order valence-corrected chi connectivity index (χ1v) is 28.2. The van der Waals surface area contributed by atoms with E-state index < -0.39 is 8.07 Å². The third-order valence-electron chi connectivity index (χ3n) is 15.5. The molecule has 11 rings (SSSR count). The van der Waals surface area contributed by atoms with Crippen LogP contribution in [0.1, 0.15) is 104 Å². The molecular weight excluding hydrogens is 1110 g/mol. The van der Waals surface area contributed by atoms with Gasteiger partial charge in [0.05, 0.1) is 0 Å². The molecule has 0 aliphatic carbocycles. The summed E-state index contributed by atoms with van der Waals surface area (Å²) in [6, 6.07) is 80.5. The van der Waals surface area contributed by atoms with Gasteiger partial charge in [-0.05, 0) is 96.7 Å². The maximum Gasteiger partial charge on any atom is 0.135 e. The average Bonchev–Trinajstić information content (AvgIpc) is 3.95. The number of nitrogens with zero attached hydrogens (tertiary/aromatic N) is 4. The number of benzene rings is 8. The first kappa shape index (κ1) is 51.7. The van der Waals surface area contributed by atoms with Crippen molar-refractivity contribution in [3.63, 3.8) is 0 Å². The molecule has 0 bridgehead atoms. The van der Waals surface area contributed by atoms with Gasteiger partial charge in [-0.1, -0.05) is 209 Å². The van der Waals surface area contributed by atoms with Gasteiger partial charge in [0, 0.05) is 55.3 Å². The van der Waals surface area contributed by atoms with Crippen LogP contribution in [0.4, 0.5) is 22.7 Å². The predicted octanol–water partition coefficient (Wildman–Crippen LogP) is 14.8. The van der Waals surface area contributed by atoms with Crippen LogP contribution in [-0.2, 0) is 42.7 Å². The van der Waals surface area contributed by atoms with Crippen molar-refractivity contribution < 1.29 is 21.1 Å². The zero-order valence-electron chi connectivity index (χ0n) is 45.2. The van der Waals surface area contributed by atoms with Crippen LogP contribution in [0.3, 0.4) is 0 Å². The van der Waals surface area contributed by atoms with E-state index in [1.807, 2.05) is 6.20 Å². The molecule has 0 spiro atoms. The molecule has 3 heterocycles. The molecule has 4 nitrogen and oxygen atoms in total. The van der Waals surface area contributed by atoms with Crippen LogP contribution in [0.25, 0.3) is 27.6 Å². The molecule has 0 saturated heterocycles. The van der Waals surface area contributed by atoms with Gasteiger partial charge in [-0.3, -0.25) is 0 Å². The normalized spacial score (nSPS) is 13.3. The van der Waals surface area contributed by atoms with Crippen molar-refractivity contribution in [2.45, 2.75) is 97.8 Å². The minimum absolute atomic E-state index is 0. The van der Waals surface area contributed by atoms with Crippen molar-refractivity contribution in [1.29, 1.82) is 0 Å². The maximum atomic E-state index is 5.16. The molecule has 0 atom stereocenters. The Morgan fingerprint density at radius 1 is 0.440 bits per heavy atom. The predicted molar refractivity (Wildman–Crippen MR) is 316 cm³/mol. The zero-order chi connectivity index (χ0) is 51.8. The molecule has 0 unspecified atom stereocenters. The van der Waals surface area contributed by atoms with Gasteiger partial charge in [0.25, 0.3) is 0 Å². The van der Waals surface area contributed by atoms with Crippen molar-refractivity contribution in [1.82, 2.24) is 9.55 Å². The van der Waals surface area contributed by atoms with E-state index in [0.717, 1.165) is 50.2 Å². The summed E-state index contributed by atoms with van der Waals surface area (Å²) < 4.78 is 2.35. The average molecular weight is 1180 g/mol. The summed E-state index contributed by atoms with van der Waals surface area (Å²) in [5.74, 6) is 0.872. The van der Waals surface area contributed by atoms with Crippen LogP contribution in [0.15, 0.2) is 200 Å². The smallest absolute Gasteiger partial charge is 0.135 e. The first-order valence-electron chi connectivity index (χ1n) is 26.2. The molecule has 6 heteroatoms. The Balaban J connectivity index is 0.00000641. The van der Waals surface area contributed by atoms with Gasteiger partial charge in [0.15, 0.2) is 0 Å². The minimum atomic E-state index is -3.30. The van der Waals surface area contributed by atoms with Gasteiger partial charge < -0.3 is 14.4 Å². The second-order valence-electron chi connectivity index (χ2n) is 23.9. The van der Waals surface area contributed by atoms with Crippen molar-refractivity contribution in [3.05, 3.63) is 247 Å². The Kier molecular flexibility index (Phi) is 13.4. The van der Waals surface area contributed by atoms with Crippen LogP contribution < -0.4 is 30.5 Å². The van der Waals surface area contributed by atoms with Gasteiger partial charge in [-0.15, -0.1) is 23.8 Å².